The zero-order valence-electron chi connectivity index (χ0n) is 14.8. The third kappa shape index (κ3) is 4.03. The molecule has 0 aliphatic carbocycles. The lowest BCUT2D eigenvalue weighted by Gasteiger charge is -2.22. The Kier molecular flexibility index (Phi) is 5.87. The van der Waals surface area contributed by atoms with Crippen LogP contribution in [0.1, 0.15) is 30.9 Å². The van der Waals surface area contributed by atoms with E-state index in [1.807, 2.05) is 53.6 Å². The molecule has 3 rings (SSSR count). The Labute approximate surface area is 154 Å². The topological polar surface area (TPSA) is 49.8 Å². The van der Waals surface area contributed by atoms with E-state index < -0.39 is 0 Å². The summed E-state index contributed by atoms with van der Waals surface area (Å²) in [5.74, 6) is 0.831. The van der Waals surface area contributed by atoms with Crippen LogP contribution in [0, 0.1) is 0 Å². The molecule has 0 saturated heterocycles. The van der Waals surface area contributed by atoms with Crippen molar-refractivity contribution in [3.63, 3.8) is 0 Å². The van der Waals surface area contributed by atoms with Gasteiger partial charge < -0.3 is 9.94 Å². The Bertz CT molecular complexity index is 794. The fourth-order valence-corrected chi connectivity index (χ4v) is 2.95. The number of hydroxylamine groups is 2. The van der Waals surface area contributed by atoms with Crippen LogP contribution in [0.2, 0.25) is 0 Å². The lowest BCUT2D eigenvalue weighted by Crippen LogP contribution is -2.29. The number of carbonyl (C=O) groups excluding carboxylic acids is 1. The van der Waals surface area contributed by atoms with Gasteiger partial charge >= 0.3 is 0 Å². The van der Waals surface area contributed by atoms with Crippen LogP contribution in [-0.4, -0.2) is 22.5 Å². The van der Waals surface area contributed by atoms with Gasteiger partial charge in [0, 0.05) is 5.56 Å². The first kappa shape index (κ1) is 18.0. The van der Waals surface area contributed by atoms with Crippen LogP contribution < -0.4 is 0 Å². The maximum absolute atomic E-state index is 11.8. The lowest BCUT2D eigenvalue weighted by atomic mass is 10.0. The van der Waals surface area contributed by atoms with Gasteiger partial charge in [-0.2, -0.15) is 0 Å². The highest BCUT2D eigenvalue weighted by Crippen LogP contribution is 2.34. The van der Waals surface area contributed by atoms with Crippen molar-refractivity contribution in [3.05, 3.63) is 83.4 Å². The van der Waals surface area contributed by atoms with Gasteiger partial charge in [-0.05, 0) is 24.1 Å². The summed E-state index contributed by atoms with van der Waals surface area (Å²) in [5.41, 5.74) is 2.51. The van der Waals surface area contributed by atoms with Crippen molar-refractivity contribution in [3.8, 4) is 5.75 Å². The van der Waals surface area contributed by atoms with Crippen LogP contribution in [0.15, 0.2) is 72.3 Å². The van der Waals surface area contributed by atoms with Crippen molar-refractivity contribution in [1.29, 1.82) is 0 Å². The fraction of sp³-hybridized carbons (Fsp3) is 0.227. The minimum Gasteiger partial charge on any atom is -0.508 e. The largest absolute Gasteiger partial charge is 0.508 e. The molecule has 26 heavy (non-hydrogen) atoms. The highest BCUT2D eigenvalue weighted by Gasteiger charge is 2.34. The van der Waals surface area contributed by atoms with E-state index in [2.05, 4.69) is 13.0 Å². The Morgan fingerprint density at radius 3 is 2.50 bits per heavy atom. The maximum Gasteiger partial charge on any atom is 0.163 e. The third-order valence-corrected chi connectivity index (χ3v) is 4.31. The standard InChI is InChI=1S/C22H23NO3/c1-2-3-5-10-21-20(16-24)22(18-8-6-4-7-9-18)26-23(21)15-17-11-13-19(25)14-12-17/h4-14,16,21,25H,2-3,15H2,1H3. The molecule has 0 aromatic heterocycles. The molecule has 1 unspecified atom stereocenters. The van der Waals surface area contributed by atoms with Crippen LogP contribution >= 0.6 is 0 Å². The SMILES string of the molecule is CCCC=CC1C(C=O)=C(c2ccccc2)ON1Cc1ccc(O)cc1. The maximum atomic E-state index is 11.8. The average molecular weight is 349 g/mol. The number of carbonyl (C=O) groups is 1. The molecule has 2 aromatic carbocycles. The van der Waals surface area contributed by atoms with Gasteiger partial charge in [-0.15, -0.1) is 5.06 Å². The van der Waals surface area contributed by atoms with Gasteiger partial charge in [0.15, 0.2) is 12.0 Å². The first-order valence-electron chi connectivity index (χ1n) is 8.87. The first-order valence-corrected chi connectivity index (χ1v) is 8.87. The minimum absolute atomic E-state index is 0.229. The number of allylic oxidation sites excluding steroid dienone is 1. The fourth-order valence-electron chi connectivity index (χ4n) is 2.95. The molecule has 1 aliphatic rings. The molecule has 1 atom stereocenters. The van der Waals surface area contributed by atoms with E-state index in [0.717, 1.165) is 30.3 Å². The molecule has 0 fully saturated rings. The predicted molar refractivity (Wildman–Crippen MR) is 102 cm³/mol. The van der Waals surface area contributed by atoms with Gasteiger partial charge in [-0.25, -0.2) is 0 Å². The molecule has 0 amide bonds. The minimum atomic E-state index is -0.233. The number of aldehydes is 1. The Morgan fingerprint density at radius 1 is 1.12 bits per heavy atom. The van der Waals surface area contributed by atoms with Crippen LogP contribution in [-0.2, 0) is 16.2 Å². The van der Waals surface area contributed by atoms with Crippen LogP contribution in [0.25, 0.3) is 5.76 Å². The van der Waals surface area contributed by atoms with Crippen molar-refractivity contribution in [2.45, 2.75) is 32.4 Å². The number of aromatic hydroxyl groups is 1. The average Bonchev–Trinajstić information content (AvgIpc) is 3.02. The molecule has 4 heteroatoms. The van der Waals surface area contributed by atoms with Crippen molar-refractivity contribution >= 4 is 12.0 Å². The number of hydrogen-bond donors (Lipinski definition) is 1. The van der Waals surface area contributed by atoms with E-state index in [1.165, 1.54) is 0 Å². The highest BCUT2D eigenvalue weighted by atomic mass is 16.7. The number of phenols is 1. The van der Waals surface area contributed by atoms with Crippen molar-refractivity contribution in [2.75, 3.05) is 0 Å². The second-order valence-corrected chi connectivity index (χ2v) is 6.26. The number of hydrogen-bond acceptors (Lipinski definition) is 4. The summed E-state index contributed by atoms with van der Waals surface area (Å²) in [5, 5.41) is 11.3. The first-order chi connectivity index (χ1) is 12.7. The van der Waals surface area contributed by atoms with Gasteiger partial charge in [0.25, 0.3) is 0 Å². The van der Waals surface area contributed by atoms with Gasteiger partial charge in [0.1, 0.15) is 5.75 Å². The highest BCUT2D eigenvalue weighted by molar-refractivity contribution is 5.89. The molecule has 134 valence electrons. The number of unbranched alkanes of at least 4 members (excludes halogenated alkanes) is 1. The molecule has 2 aromatic rings. The number of rotatable bonds is 7. The normalized spacial score (nSPS) is 17.7. The Balaban J connectivity index is 1.91. The molecular weight excluding hydrogens is 326 g/mol. The molecule has 0 bridgehead atoms. The van der Waals surface area contributed by atoms with E-state index in [0.29, 0.717) is 17.9 Å². The van der Waals surface area contributed by atoms with Crippen molar-refractivity contribution in [2.24, 2.45) is 0 Å². The molecule has 1 heterocycles. The summed E-state index contributed by atoms with van der Waals surface area (Å²) in [6.45, 7) is 2.63. The van der Waals surface area contributed by atoms with Crippen LogP contribution in [0.5, 0.6) is 5.75 Å². The summed E-state index contributed by atoms with van der Waals surface area (Å²) in [4.78, 5) is 17.9. The van der Waals surface area contributed by atoms with Gasteiger partial charge in [0.05, 0.1) is 18.2 Å². The molecule has 0 saturated carbocycles. The number of phenolic OH excluding ortho intramolecular Hbond substituents is 1. The molecule has 0 radical (unpaired) electrons. The quantitative estimate of drug-likeness (QED) is 0.592. The van der Waals surface area contributed by atoms with E-state index in [1.54, 1.807) is 12.1 Å². The van der Waals surface area contributed by atoms with E-state index >= 15 is 0 Å². The van der Waals surface area contributed by atoms with E-state index in [9.17, 15) is 9.90 Å². The van der Waals surface area contributed by atoms with Crippen LogP contribution in [0.4, 0.5) is 0 Å². The van der Waals surface area contributed by atoms with Gasteiger partial charge in [-0.1, -0.05) is 68.0 Å². The van der Waals surface area contributed by atoms with Crippen molar-refractivity contribution in [1.82, 2.24) is 5.06 Å². The van der Waals surface area contributed by atoms with E-state index in [-0.39, 0.29) is 11.8 Å². The smallest absolute Gasteiger partial charge is 0.163 e. The van der Waals surface area contributed by atoms with Gasteiger partial charge in [-0.3, -0.25) is 4.79 Å². The van der Waals surface area contributed by atoms with Crippen LogP contribution in [0.3, 0.4) is 0 Å². The summed E-state index contributed by atoms with van der Waals surface area (Å²) in [6, 6.07) is 16.5. The summed E-state index contributed by atoms with van der Waals surface area (Å²) in [7, 11) is 0. The third-order valence-electron chi connectivity index (χ3n) is 4.31. The zero-order chi connectivity index (χ0) is 18.4. The zero-order valence-corrected chi connectivity index (χ0v) is 14.8. The molecular formula is C22H23NO3. The summed E-state index contributed by atoms with van der Waals surface area (Å²) >= 11 is 0. The monoisotopic (exact) mass is 349 g/mol. The molecule has 0 spiro atoms. The van der Waals surface area contributed by atoms with Gasteiger partial charge in [0.2, 0.25) is 0 Å². The molecule has 1 N–H and O–H groups in total. The Hall–Kier alpha value is -2.85. The molecule has 4 nitrogen and oxygen atoms in total. The van der Waals surface area contributed by atoms with E-state index in [4.69, 9.17) is 4.84 Å². The summed E-state index contributed by atoms with van der Waals surface area (Å²) < 4.78 is 0. The number of nitrogens with zero attached hydrogens (tertiary/aromatic N) is 1. The predicted octanol–water partition coefficient (Wildman–Crippen LogP) is 4.47. The second-order valence-electron chi connectivity index (χ2n) is 6.26. The van der Waals surface area contributed by atoms with Crippen molar-refractivity contribution < 1.29 is 14.7 Å². The second kappa shape index (κ2) is 8.50. The molecule has 1 aliphatic heterocycles. The number of benzene rings is 2. The summed E-state index contributed by atoms with van der Waals surface area (Å²) in [6.07, 6.45) is 7.02. The lowest BCUT2D eigenvalue weighted by molar-refractivity contribution is -0.107. The Morgan fingerprint density at radius 2 is 1.85 bits per heavy atom.